The van der Waals surface area contributed by atoms with Crippen molar-refractivity contribution in [3.05, 3.63) is 42.6 Å². The summed E-state index contributed by atoms with van der Waals surface area (Å²) in [4.78, 5) is 12.1. The molecule has 156 valence electrons. The van der Waals surface area contributed by atoms with E-state index in [1.54, 1.807) is 0 Å². The number of piperidine rings is 1. The van der Waals surface area contributed by atoms with Crippen molar-refractivity contribution in [1.82, 2.24) is 14.5 Å². The van der Waals surface area contributed by atoms with Gasteiger partial charge in [0.2, 0.25) is 0 Å². The molecule has 2 aromatic heterocycles. The van der Waals surface area contributed by atoms with E-state index in [4.69, 9.17) is 15.2 Å². The van der Waals surface area contributed by atoms with Gasteiger partial charge in [-0.15, -0.1) is 0 Å². The number of hydrogen-bond acceptors (Lipinski definition) is 4. The van der Waals surface area contributed by atoms with Gasteiger partial charge in [-0.3, -0.25) is 4.57 Å². The SMILES string of the molecule is Cc1nc(N2CCC(CC#N)CC2)c2c(C)c(C)n(-c3c(Br)cc(Br)cc3Br)c2n1. The third-order valence-electron chi connectivity index (χ3n) is 5.95. The van der Waals surface area contributed by atoms with Crippen LogP contribution in [0.3, 0.4) is 0 Å². The van der Waals surface area contributed by atoms with Crippen molar-refractivity contribution in [3.63, 3.8) is 0 Å². The fraction of sp³-hybridized carbons (Fsp3) is 0.409. The number of fused-ring (bicyclic) bond motifs is 1. The molecule has 0 radical (unpaired) electrons. The molecule has 3 aromatic rings. The lowest BCUT2D eigenvalue weighted by molar-refractivity contribution is 0.411. The van der Waals surface area contributed by atoms with Crippen LogP contribution in [-0.2, 0) is 0 Å². The summed E-state index contributed by atoms with van der Waals surface area (Å²) in [5.41, 5.74) is 4.30. The molecule has 1 fully saturated rings. The Bertz CT molecular complexity index is 1150. The molecule has 0 atom stereocenters. The van der Waals surface area contributed by atoms with Gasteiger partial charge < -0.3 is 4.90 Å². The van der Waals surface area contributed by atoms with E-state index in [2.05, 4.69) is 89.3 Å². The van der Waals surface area contributed by atoms with Crippen LogP contribution in [0.5, 0.6) is 0 Å². The number of anilines is 1. The van der Waals surface area contributed by atoms with E-state index < -0.39 is 0 Å². The van der Waals surface area contributed by atoms with Crippen LogP contribution in [0, 0.1) is 38.0 Å². The summed E-state index contributed by atoms with van der Waals surface area (Å²) in [6.45, 7) is 8.09. The van der Waals surface area contributed by atoms with Gasteiger partial charge in [-0.25, -0.2) is 9.97 Å². The first-order valence-electron chi connectivity index (χ1n) is 9.94. The van der Waals surface area contributed by atoms with Gasteiger partial charge in [-0.05, 0) is 89.1 Å². The van der Waals surface area contributed by atoms with Crippen LogP contribution < -0.4 is 4.90 Å². The van der Waals surface area contributed by atoms with Crippen LogP contribution in [0.15, 0.2) is 25.6 Å². The highest BCUT2D eigenvalue weighted by Gasteiger charge is 2.26. The van der Waals surface area contributed by atoms with Crippen molar-refractivity contribution < 1.29 is 0 Å². The highest BCUT2D eigenvalue weighted by molar-refractivity contribution is 9.11. The maximum Gasteiger partial charge on any atom is 0.150 e. The smallest absolute Gasteiger partial charge is 0.150 e. The molecule has 0 N–H and O–H groups in total. The summed E-state index contributed by atoms with van der Waals surface area (Å²) in [6.07, 6.45) is 2.70. The molecule has 8 heteroatoms. The third kappa shape index (κ3) is 3.80. The summed E-state index contributed by atoms with van der Waals surface area (Å²) in [6, 6.07) is 6.43. The molecule has 4 rings (SSSR count). The zero-order chi connectivity index (χ0) is 21.6. The Kier molecular flexibility index (Phi) is 6.25. The molecule has 0 spiro atoms. The number of aryl methyl sites for hydroxylation is 2. The van der Waals surface area contributed by atoms with Gasteiger partial charge in [0, 0.05) is 38.6 Å². The molecule has 1 aliphatic heterocycles. The Hall–Kier alpha value is -1.43. The lowest BCUT2D eigenvalue weighted by atomic mass is 9.94. The standard InChI is InChI=1S/C22H22Br3N5/c1-12-13(2)30(20-17(24)10-16(23)11-18(20)25)22-19(12)21(27-14(3)28-22)29-8-5-15(4-7-26)6-9-29/h10-11,15H,4-6,8-9H2,1-3H3. The number of aromatic nitrogens is 3. The van der Waals surface area contributed by atoms with E-state index in [1.807, 2.05) is 6.92 Å². The highest BCUT2D eigenvalue weighted by atomic mass is 79.9. The summed E-state index contributed by atoms with van der Waals surface area (Å²) >= 11 is 11.0. The topological polar surface area (TPSA) is 57.7 Å². The molecule has 1 aliphatic rings. The lowest BCUT2D eigenvalue weighted by Crippen LogP contribution is -2.34. The molecule has 0 amide bonds. The van der Waals surface area contributed by atoms with Crippen molar-refractivity contribution >= 4 is 64.6 Å². The van der Waals surface area contributed by atoms with Crippen molar-refractivity contribution in [1.29, 1.82) is 5.26 Å². The first-order chi connectivity index (χ1) is 14.3. The second-order valence-electron chi connectivity index (χ2n) is 7.85. The minimum Gasteiger partial charge on any atom is -0.356 e. The minimum absolute atomic E-state index is 0.492. The van der Waals surface area contributed by atoms with Gasteiger partial charge in [-0.1, -0.05) is 15.9 Å². The minimum atomic E-state index is 0.492. The van der Waals surface area contributed by atoms with Gasteiger partial charge in [0.05, 0.1) is 17.1 Å². The van der Waals surface area contributed by atoms with Crippen molar-refractivity contribution in [2.24, 2.45) is 5.92 Å². The molecular formula is C22H22Br3N5. The van der Waals surface area contributed by atoms with E-state index in [9.17, 15) is 0 Å². The Morgan fingerprint density at radius 2 is 1.70 bits per heavy atom. The van der Waals surface area contributed by atoms with Gasteiger partial charge in [0.15, 0.2) is 5.65 Å². The van der Waals surface area contributed by atoms with Crippen molar-refractivity contribution in [2.45, 2.75) is 40.0 Å². The third-order valence-corrected chi connectivity index (χ3v) is 7.61. The molecule has 30 heavy (non-hydrogen) atoms. The van der Waals surface area contributed by atoms with Crippen LogP contribution in [0.25, 0.3) is 16.7 Å². The second kappa shape index (κ2) is 8.60. The summed E-state index contributed by atoms with van der Waals surface area (Å²) < 4.78 is 5.19. The first-order valence-corrected chi connectivity index (χ1v) is 12.3. The second-order valence-corrected chi connectivity index (χ2v) is 10.5. The number of nitrogens with zero attached hydrogens (tertiary/aromatic N) is 5. The Morgan fingerprint density at radius 3 is 2.30 bits per heavy atom. The van der Waals surface area contributed by atoms with E-state index in [-0.39, 0.29) is 0 Å². The molecule has 5 nitrogen and oxygen atoms in total. The molecule has 3 heterocycles. The quantitative estimate of drug-likeness (QED) is 0.336. The number of rotatable bonds is 3. The fourth-order valence-corrected chi connectivity index (χ4v) is 6.89. The lowest BCUT2D eigenvalue weighted by Gasteiger charge is -2.32. The average Bonchev–Trinajstić information content (AvgIpc) is 2.92. The van der Waals surface area contributed by atoms with E-state index in [1.165, 1.54) is 5.56 Å². The fourth-order valence-electron chi connectivity index (χ4n) is 4.28. The molecule has 1 aromatic carbocycles. The van der Waals surface area contributed by atoms with Crippen LogP contribution in [-0.4, -0.2) is 27.6 Å². The van der Waals surface area contributed by atoms with Gasteiger partial charge in [0.1, 0.15) is 11.6 Å². The number of nitriles is 1. The summed E-state index contributed by atoms with van der Waals surface area (Å²) in [5.74, 6) is 2.27. The highest BCUT2D eigenvalue weighted by Crippen LogP contribution is 2.40. The Morgan fingerprint density at radius 1 is 1.07 bits per heavy atom. The van der Waals surface area contributed by atoms with Crippen LogP contribution in [0.1, 0.15) is 36.3 Å². The Balaban J connectivity index is 1.89. The molecule has 0 saturated carbocycles. The predicted molar refractivity (Wildman–Crippen MR) is 131 cm³/mol. The van der Waals surface area contributed by atoms with Crippen molar-refractivity contribution in [3.8, 4) is 11.8 Å². The molecular weight excluding hydrogens is 574 g/mol. The van der Waals surface area contributed by atoms with Gasteiger partial charge >= 0.3 is 0 Å². The summed E-state index contributed by atoms with van der Waals surface area (Å²) in [7, 11) is 0. The average molecular weight is 596 g/mol. The predicted octanol–water partition coefficient (Wildman–Crippen LogP) is 6.76. The number of hydrogen-bond donors (Lipinski definition) is 0. The molecule has 0 bridgehead atoms. The van der Waals surface area contributed by atoms with Crippen LogP contribution in [0.4, 0.5) is 5.82 Å². The zero-order valence-corrected chi connectivity index (χ0v) is 21.9. The van der Waals surface area contributed by atoms with Crippen molar-refractivity contribution in [2.75, 3.05) is 18.0 Å². The normalized spacial score (nSPS) is 15.0. The number of benzene rings is 1. The maximum atomic E-state index is 9.02. The van der Waals surface area contributed by atoms with Crippen LogP contribution in [0.2, 0.25) is 0 Å². The van der Waals surface area contributed by atoms with E-state index in [0.717, 1.165) is 73.4 Å². The van der Waals surface area contributed by atoms with Crippen LogP contribution >= 0.6 is 47.8 Å². The summed E-state index contributed by atoms with van der Waals surface area (Å²) in [5, 5.41) is 10.1. The largest absolute Gasteiger partial charge is 0.356 e. The maximum absolute atomic E-state index is 9.02. The molecule has 1 saturated heterocycles. The molecule has 0 aliphatic carbocycles. The van der Waals surface area contributed by atoms with E-state index in [0.29, 0.717) is 12.3 Å². The van der Waals surface area contributed by atoms with Gasteiger partial charge in [0.25, 0.3) is 0 Å². The van der Waals surface area contributed by atoms with E-state index >= 15 is 0 Å². The van der Waals surface area contributed by atoms with Gasteiger partial charge in [-0.2, -0.15) is 5.26 Å². The Labute approximate surface area is 201 Å². The zero-order valence-electron chi connectivity index (χ0n) is 17.1. The monoisotopic (exact) mass is 593 g/mol. The molecule has 0 unspecified atom stereocenters. The number of halogens is 3. The first kappa shape index (κ1) is 21.8.